The van der Waals surface area contributed by atoms with Crippen molar-refractivity contribution in [3.63, 3.8) is 0 Å². The predicted molar refractivity (Wildman–Crippen MR) is 128 cm³/mol. The topological polar surface area (TPSA) is 56.1 Å². The van der Waals surface area contributed by atoms with Crippen molar-refractivity contribution in [1.82, 2.24) is 15.1 Å². The molecule has 0 aliphatic carbocycles. The molecule has 1 aromatic heterocycles. The van der Waals surface area contributed by atoms with Gasteiger partial charge in [0.2, 0.25) is 0 Å². The van der Waals surface area contributed by atoms with Gasteiger partial charge in [0.1, 0.15) is 17.3 Å². The molecule has 0 radical (unpaired) electrons. The Morgan fingerprint density at radius 2 is 1.76 bits per heavy atom. The van der Waals surface area contributed by atoms with Crippen molar-refractivity contribution in [3.05, 3.63) is 99.9 Å². The smallest absolute Gasteiger partial charge is 0.270 e. The number of benzene rings is 3. The van der Waals surface area contributed by atoms with Crippen LogP contribution in [0.5, 0.6) is 5.75 Å². The average Bonchev–Trinajstić information content (AvgIpc) is 3.26. The van der Waals surface area contributed by atoms with Gasteiger partial charge >= 0.3 is 0 Å². The number of rotatable bonds is 7. The summed E-state index contributed by atoms with van der Waals surface area (Å²) < 4.78 is 20.2. The number of carbonyl (C=O) groups excluding carboxylic acids is 1. The van der Waals surface area contributed by atoms with Gasteiger partial charge in [-0.2, -0.15) is 5.10 Å². The van der Waals surface area contributed by atoms with E-state index >= 15 is 0 Å². The number of aromatic nitrogens is 2. The summed E-state index contributed by atoms with van der Waals surface area (Å²) in [6.45, 7) is 0.368. The number of ether oxygens (including phenoxy) is 1. The van der Waals surface area contributed by atoms with Crippen LogP contribution in [0.3, 0.4) is 0 Å². The first-order valence-electron chi connectivity index (χ1n) is 10.2. The minimum absolute atomic E-state index is 0.309. The van der Waals surface area contributed by atoms with E-state index in [2.05, 4.69) is 10.4 Å². The van der Waals surface area contributed by atoms with Crippen LogP contribution in [-0.4, -0.2) is 29.3 Å². The van der Waals surface area contributed by atoms with Crippen LogP contribution < -0.4 is 10.1 Å². The molecule has 0 bridgehead atoms. The summed E-state index contributed by atoms with van der Waals surface area (Å²) in [5, 5.41) is 8.62. The second-order valence-corrected chi connectivity index (χ2v) is 8.12. The van der Waals surface area contributed by atoms with Crippen molar-refractivity contribution in [2.45, 2.75) is 6.42 Å². The number of nitrogens with zero attached hydrogens (tertiary/aromatic N) is 2. The standard InChI is InChI=1S/C25H20Cl2FN3O2/c1-33-21-10-3-17(4-11-21)23-15-24(31(30-23)20-8-6-19(28)7-9-20)25(32)29-13-12-16-2-5-18(26)14-22(16)27/h2-11,14-15H,12-13H2,1H3,(H,29,32). The molecule has 8 heteroatoms. The van der Waals surface area contributed by atoms with Crippen molar-refractivity contribution in [1.29, 1.82) is 0 Å². The molecule has 0 aliphatic rings. The summed E-state index contributed by atoms with van der Waals surface area (Å²) in [5.74, 6) is 0.0411. The number of methoxy groups -OCH3 is 1. The molecule has 0 fully saturated rings. The summed E-state index contributed by atoms with van der Waals surface area (Å²) >= 11 is 12.2. The Hall–Kier alpha value is -3.35. The van der Waals surface area contributed by atoms with Gasteiger partial charge in [0.25, 0.3) is 5.91 Å². The van der Waals surface area contributed by atoms with Gasteiger partial charge in [0.15, 0.2) is 0 Å². The molecule has 0 saturated heterocycles. The minimum atomic E-state index is -0.368. The fourth-order valence-corrected chi connectivity index (χ4v) is 3.85. The Bertz CT molecular complexity index is 1270. The highest BCUT2D eigenvalue weighted by atomic mass is 35.5. The average molecular weight is 484 g/mol. The third-order valence-electron chi connectivity index (χ3n) is 5.09. The fourth-order valence-electron chi connectivity index (χ4n) is 3.35. The van der Waals surface area contributed by atoms with Crippen molar-refractivity contribution in [3.8, 4) is 22.7 Å². The van der Waals surface area contributed by atoms with E-state index in [0.717, 1.165) is 16.9 Å². The highest BCUT2D eigenvalue weighted by Gasteiger charge is 2.18. The molecule has 5 nitrogen and oxygen atoms in total. The number of carbonyl (C=O) groups is 1. The van der Waals surface area contributed by atoms with Gasteiger partial charge in [-0.3, -0.25) is 4.79 Å². The Morgan fingerprint density at radius 1 is 1.03 bits per heavy atom. The summed E-state index contributed by atoms with van der Waals surface area (Å²) in [6, 6.07) is 20.1. The molecule has 1 heterocycles. The maximum absolute atomic E-state index is 13.4. The fraction of sp³-hybridized carbons (Fsp3) is 0.120. The normalized spacial score (nSPS) is 10.8. The van der Waals surface area contributed by atoms with Crippen LogP contribution in [0.4, 0.5) is 4.39 Å². The van der Waals surface area contributed by atoms with E-state index in [1.54, 1.807) is 37.4 Å². The highest BCUT2D eigenvalue weighted by Crippen LogP contribution is 2.25. The molecule has 33 heavy (non-hydrogen) atoms. The van der Waals surface area contributed by atoms with Crippen molar-refractivity contribution in [2.75, 3.05) is 13.7 Å². The van der Waals surface area contributed by atoms with E-state index in [9.17, 15) is 9.18 Å². The molecule has 0 spiro atoms. The van der Waals surface area contributed by atoms with Gasteiger partial charge in [-0.1, -0.05) is 29.3 Å². The first kappa shape index (κ1) is 22.8. The summed E-state index contributed by atoms with van der Waals surface area (Å²) in [5.41, 5.74) is 3.20. The zero-order valence-corrected chi connectivity index (χ0v) is 19.2. The molecule has 0 atom stereocenters. The van der Waals surface area contributed by atoms with Crippen LogP contribution in [0.1, 0.15) is 16.1 Å². The molecular formula is C25H20Cl2FN3O2. The lowest BCUT2D eigenvalue weighted by Gasteiger charge is -2.09. The summed E-state index contributed by atoms with van der Waals surface area (Å²) in [7, 11) is 1.60. The lowest BCUT2D eigenvalue weighted by molar-refractivity contribution is 0.0946. The predicted octanol–water partition coefficient (Wildman–Crippen LogP) is 5.97. The van der Waals surface area contributed by atoms with Crippen molar-refractivity contribution in [2.24, 2.45) is 0 Å². The van der Waals surface area contributed by atoms with E-state index in [-0.39, 0.29) is 11.7 Å². The van der Waals surface area contributed by atoms with E-state index in [1.807, 2.05) is 30.3 Å². The molecule has 0 unspecified atom stereocenters. The van der Waals surface area contributed by atoms with E-state index in [0.29, 0.717) is 40.1 Å². The molecule has 4 rings (SSSR count). The molecular weight excluding hydrogens is 464 g/mol. The molecule has 4 aromatic rings. The zero-order valence-electron chi connectivity index (χ0n) is 17.7. The molecule has 0 aliphatic heterocycles. The third-order valence-corrected chi connectivity index (χ3v) is 5.68. The first-order valence-corrected chi connectivity index (χ1v) is 10.9. The number of hydrogen-bond acceptors (Lipinski definition) is 3. The van der Waals surface area contributed by atoms with Crippen molar-refractivity contribution >= 4 is 29.1 Å². The number of nitrogens with one attached hydrogen (secondary N) is 1. The molecule has 1 N–H and O–H groups in total. The first-order chi connectivity index (χ1) is 15.9. The van der Waals surface area contributed by atoms with Crippen LogP contribution in [0.25, 0.3) is 16.9 Å². The summed E-state index contributed by atoms with van der Waals surface area (Å²) in [4.78, 5) is 13.1. The summed E-state index contributed by atoms with van der Waals surface area (Å²) in [6.07, 6.45) is 0.539. The lowest BCUT2D eigenvalue weighted by Crippen LogP contribution is -2.27. The van der Waals surface area contributed by atoms with Gasteiger partial charge in [-0.15, -0.1) is 0 Å². The highest BCUT2D eigenvalue weighted by molar-refractivity contribution is 6.35. The molecule has 0 saturated carbocycles. The van der Waals surface area contributed by atoms with Gasteiger partial charge in [0.05, 0.1) is 18.5 Å². The van der Waals surface area contributed by atoms with Crippen molar-refractivity contribution < 1.29 is 13.9 Å². The maximum Gasteiger partial charge on any atom is 0.270 e. The Morgan fingerprint density at radius 3 is 2.42 bits per heavy atom. The van der Waals surface area contributed by atoms with Crippen LogP contribution in [0.2, 0.25) is 10.0 Å². The van der Waals surface area contributed by atoms with Gasteiger partial charge in [-0.05, 0) is 78.7 Å². The SMILES string of the molecule is COc1ccc(-c2cc(C(=O)NCCc3ccc(Cl)cc3Cl)n(-c3ccc(F)cc3)n2)cc1. The van der Waals surface area contributed by atoms with E-state index < -0.39 is 0 Å². The van der Waals surface area contributed by atoms with Gasteiger partial charge in [0, 0.05) is 22.2 Å². The van der Waals surface area contributed by atoms with E-state index in [4.69, 9.17) is 27.9 Å². The number of amides is 1. The minimum Gasteiger partial charge on any atom is -0.497 e. The Kier molecular flexibility index (Phi) is 6.96. The van der Waals surface area contributed by atoms with Crippen LogP contribution in [0, 0.1) is 5.82 Å². The number of hydrogen-bond donors (Lipinski definition) is 1. The molecule has 1 amide bonds. The van der Waals surface area contributed by atoms with Crippen LogP contribution in [-0.2, 0) is 6.42 Å². The van der Waals surface area contributed by atoms with Gasteiger partial charge in [-0.25, -0.2) is 9.07 Å². The van der Waals surface area contributed by atoms with Crippen LogP contribution in [0.15, 0.2) is 72.8 Å². The van der Waals surface area contributed by atoms with Crippen LogP contribution >= 0.6 is 23.2 Å². The molecule has 168 valence electrons. The number of halogens is 3. The second kappa shape index (κ2) is 10.1. The zero-order chi connectivity index (χ0) is 23.4. The Labute approximate surface area is 200 Å². The second-order valence-electron chi connectivity index (χ2n) is 7.27. The quantitative estimate of drug-likeness (QED) is 0.352. The monoisotopic (exact) mass is 483 g/mol. The Balaban J connectivity index is 1.59. The maximum atomic E-state index is 13.4. The largest absolute Gasteiger partial charge is 0.497 e. The third kappa shape index (κ3) is 5.35. The molecule has 3 aromatic carbocycles. The van der Waals surface area contributed by atoms with Gasteiger partial charge < -0.3 is 10.1 Å². The van der Waals surface area contributed by atoms with E-state index in [1.165, 1.54) is 16.8 Å². The lowest BCUT2D eigenvalue weighted by atomic mass is 10.1.